The van der Waals surface area contributed by atoms with Crippen LogP contribution in [0.5, 0.6) is 11.5 Å². The standard InChI is InChI=1S/C24H17NO/c1-16-14-24-21(15-20(16)22-11-6-7-13-25-22)18-9-3-2-8-17(18)19-10-4-5-12-23(19)26-24/h2-15H,1H3. The van der Waals surface area contributed by atoms with Crippen molar-refractivity contribution in [3.63, 3.8) is 0 Å². The molecular weight excluding hydrogens is 318 g/mol. The number of pyridine rings is 1. The van der Waals surface area contributed by atoms with E-state index in [4.69, 9.17) is 4.74 Å². The van der Waals surface area contributed by atoms with E-state index in [9.17, 15) is 0 Å². The van der Waals surface area contributed by atoms with Gasteiger partial charge in [0, 0.05) is 22.9 Å². The first-order valence-corrected chi connectivity index (χ1v) is 8.74. The predicted molar refractivity (Wildman–Crippen MR) is 105 cm³/mol. The fourth-order valence-electron chi connectivity index (χ4n) is 3.62. The highest BCUT2D eigenvalue weighted by Gasteiger charge is 2.21. The maximum atomic E-state index is 6.34. The number of nitrogens with zero attached hydrogens (tertiary/aromatic N) is 1. The number of benzene rings is 3. The predicted octanol–water partition coefficient (Wildman–Crippen LogP) is 6.50. The van der Waals surface area contributed by atoms with E-state index in [0.717, 1.165) is 39.4 Å². The van der Waals surface area contributed by atoms with Gasteiger partial charge in [-0.1, -0.05) is 48.5 Å². The molecule has 0 N–H and O–H groups in total. The smallest absolute Gasteiger partial charge is 0.135 e. The molecule has 0 fully saturated rings. The SMILES string of the molecule is Cc1cc2c(cc1-c1ccccn1)-c1ccccc1-c1ccccc1O2. The molecule has 0 saturated carbocycles. The maximum absolute atomic E-state index is 6.34. The van der Waals surface area contributed by atoms with Gasteiger partial charge in [-0.3, -0.25) is 4.98 Å². The highest BCUT2D eigenvalue weighted by Crippen LogP contribution is 2.47. The molecule has 0 unspecified atom stereocenters. The zero-order valence-corrected chi connectivity index (χ0v) is 14.4. The molecule has 5 rings (SSSR count). The Morgan fingerprint density at radius 2 is 1.31 bits per heavy atom. The molecular formula is C24H17NO. The maximum Gasteiger partial charge on any atom is 0.135 e. The van der Waals surface area contributed by atoms with E-state index in [1.807, 2.05) is 36.5 Å². The van der Waals surface area contributed by atoms with Crippen molar-refractivity contribution in [1.29, 1.82) is 0 Å². The van der Waals surface area contributed by atoms with Gasteiger partial charge < -0.3 is 4.74 Å². The van der Waals surface area contributed by atoms with Gasteiger partial charge in [0.1, 0.15) is 11.5 Å². The molecule has 0 aliphatic carbocycles. The van der Waals surface area contributed by atoms with Crippen molar-refractivity contribution < 1.29 is 4.74 Å². The number of rotatable bonds is 1. The summed E-state index contributed by atoms with van der Waals surface area (Å²) in [7, 11) is 0. The van der Waals surface area contributed by atoms with Crippen LogP contribution in [0.4, 0.5) is 0 Å². The third kappa shape index (κ3) is 2.31. The molecule has 0 bridgehead atoms. The van der Waals surface area contributed by atoms with E-state index in [2.05, 4.69) is 60.4 Å². The van der Waals surface area contributed by atoms with Gasteiger partial charge in [-0.15, -0.1) is 0 Å². The molecule has 2 nitrogen and oxygen atoms in total. The average molecular weight is 335 g/mol. The van der Waals surface area contributed by atoms with E-state index in [1.54, 1.807) is 0 Å². The molecule has 0 amide bonds. The van der Waals surface area contributed by atoms with Crippen LogP contribution in [0.1, 0.15) is 5.56 Å². The van der Waals surface area contributed by atoms with Gasteiger partial charge in [0.05, 0.1) is 5.69 Å². The minimum Gasteiger partial charge on any atom is -0.456 e. The molecule has 124 valence electrons. The Labute approximate surface area is 152 Å². The lowest BCUT2D eigenvalue weighted by molar-refractivity contribution is 0.487. The van der Waals surface area contributed by atoms with Crippen LogP contribution in [0, 0.1) is 6.92 Å². The molecule has 0 spiro atoms. The van der Waals surface area contributed by atoms with E-state index in [-0.39, 0.29) is 0 Å². The number of para-hydroxylation sites is 1. The summed E-state index contributed by atoms with van der Waals surface area (Å²) in [5.74, 6) is 1.78. The van der Waals surface area contributed by atoms with Crippen molar-refractivity contribution in [1.82, 2.24) is 4.98 Å². The molecule has 2 heterocycles. The van der Waals surface area contributed by atoms with Crippen molar-refractivity contribution in [2.75, 3.05) is 0 Å². The highest BCUT2D eigenvalue weighted by molar-refractivity contribution is 5.92. The third-order valence-corrected chi connectivity index (χ3v) is 4.88. The Balaban J connectivity index is 1.82. The van der Waals surface area contributed by atoms with Crippen LogP contribution in [0.2, 0.25) is 0 Å². The van der Waals surface area contributed by atoms with Crippen molar-refractivity contribution in [3.8, 4) is 45.0 Å². The Morgan fingerprint density at radius 3 is 2.08 bits per heavy atom. The summed E-state index contributed by atoms with van der Waals surface area (Å²) in [4.78, 5) is 4.54. The molecule has 26 heavy (non-hydrogen) atoms. The third-order valence-electron chi connectivity index (χ3n) is 4.88. The van der Waals surface area contributed by atoms with Crippen LogP contribution in [-0.4, -0.2) is 4.98 Å². The molecule has 0 radical (unpaired) electrons. The van der Waals surface area contributed by atoms with E-state index >= 15 is 0 Å². The van der Waals surface area contributed by atoms with Crippen LogP contribution in [0.15, 0.2) is 85.1 Å². The monoisotopic (exact) mass is 335 g/mol. The van der Waals surface area contributed by atoms with Crippen LogP contribution in [-0.2, 0) is 0 Å². The molecule has 1 aromatic heterocycles. The Kier molecular flexibility index (Phi) is 3.36. The number of hydrogen-bond donors (Lipinski definition) is 0. The lowest BCUT2D eigenvalue weighted by Crippen LogP contribution is -1.92. The number of fused-ring (bicyclic) bond motifs is 5. The number of aromatic nitrogens is 1. The quantitative estimate of drug-likeness (QED) is 0.349. The second-order valence-corrected chi connectivity index (χ2v) is 6.52. The van der Waals surface area contributed by atoms with Gasteiger partial charge >= 0.3 is 0 Å². The van der Waals surface area contributed by atoms with Gasteiger partial charge in [-0.05, 0) is 53.9 Å². The molecule has 2 heteroatoms. The minimum atomic E-state index is 0.889. The molecule has 1 aliphatic rings. The lowest BCUT2D eigenvalue weighted by atomic mass is 9.92. The highest BCUT2D eigenvalue weighted by atomic mass is 16.5. The van der Waals surface area contributed by atoms with Gasteiger partial charge in [-0.2, -0.15) is 0 Å². The zero-order valence-electron chi connectivity index (χ0n) is 14.4. The minimum absolute atomic E-state index is 0.889. The average Bonchev–Trinajstić information content (AvgIpc) is 2.82. The van der Waals surface area contributed by atoms with Crippen molar-refractivity contribution in [2.24, 2.45) is 0 Å². The van der Waals surface area contributed by atoms with Crippen LogP contribution in [0.3, 0.4) is 0 Å². The topological polar surface area (TPSA) is 22.1 Å². The van der Waals surface area contributed by atoms with Gasteiger partial charge in [-0.25, -0.2) is 0 Å². The summed E-state index contributed by atoms with van der Waals surface area (Å²) in [5.41, 5.74) is 7.86. The number of hydrogen-bond acceptors (Lipinski definition) is 2. The summed E-state index contributed by atoms with van der Waals surface area (Å²) in [6.07, 6.45) is 1.83. The summed E-state index contributed by atoms with van der Waals surface area (Å²) in [6.45, 7) is 2.11. The fraction of sp³-hybridized carbons (Fsp3) is 0.0417. The normalized spacial score (nSPS) is 11.6. The Morgan fingerprint density at radius 1 is 0.615 bits per heavy atom. The molecule has 4 aromatic rings. The number of aryl methyl sites for hydroxylation is 1. The molecule has 0 saturated heterocycles. The van der Waals surface area contributed by atoms with Gasteiger partial charge in [0.15, 0.2) is 0 Å². The second-order valence-electron chi connectivity index (χ2n) is 6.52. The van der Waals surface area contributed by atoms with Crippen molar-refractivity contribution >= 4 is 0 Å². The summed E-state index contributed by atoms with van der Waals surface area (Å²) in [6, 6.07) is 27.0. The Bertz CT molecular complexity index is 1120. The van der Waals surface area contributed by atoms with E-state index < -0.39 is 0 Å². The summed E-state index contributed by atoms with van der Waals surface area (Å²) >= 11 is 0. The first-order valence-electron chi connectivity index (χ1n) is 8.74. The lowest BCUT2D eigenvalue weighted by Gasteiger charge is -2.14. The van der Waals surface area contributed by atoms with Crippen molar-refractivity contribution in [3.05, 3.63) is 90.6 Å². The van der Waals surface area contributed by atoms with Crippen LogP contribution < -0.4 is 4.74 Å². The van der Waals surface area contributed by atoms with E-state index in [0.29, 0.717) is 0 Å². The zero-order chi connectivity index (χ0) is 17.5. The summed E-state index contributed by atoms with van der Waals surface area (Å²) < 4.78 is 6.34. The van der Waals surface area contributed by atoms with E-state index in [1.165, 1.54) is 11.1 Å². The first-order chi connectivity index (χ1) is 12.8. The largest absolute Gasteiger partial charge is 0.456 e. The molecule has 0 atom stereocenters. The van der Waals surface area contributed by atoms with Crippen LogP contribution >= 0.6 is 0 Å². The van der Waals surface area contributed by atoms with Crippen LogP contribution in [0.25, 0.3) is 33.5 Å². The second kappa shape index (κ2) is 5.85. The molecule has 1 aliphatic heterocycles. The fourth-order valence-corrected chi connectivity index (χ4v) is 3.62. The van der Waals surface area contributed by atoms with Gasteiger partial charge in [0.25, 0.3) is 0 Å². The van der Waals surface area contributed by atoms with Gasteiger partial charge in [0.2, 0.25) is 0 Å². The summed E-state index contributed by atoms with van der Waals surface area (Å²) in [5, 5.41) is 0. The number of ether oxygens (including phenoxy) is 1. The first kappa shape index (κ1) is 14.9. The van der Waals surface area contributed by atoms with Crippen molar-refractivity contribution in [2.45, 2.75) is 6.92 Å². The molecule has 3 aromatic carbocycles. The Hall–Kier alpha value is -3.39.